The van der Waals surface area contributed by atoms with E-state index >= 15 is 0 Å². The summed E-state index contributed by atoms with van der Waals surface area (Å²) in [7, 11) is 1.84. The Morgan fingerprint density at radius 1 is 1.12 bits per heavy atom. The van der Waals surface area contributed by atoms with Crippen molar-refractivity contribution in [1.82, 2.24) is 9.80 Å². The van der Waals surface area contributed by atoms with E-state index in [0.29, 0.717) is 18.9 Å². The van der Waals surface area contributed by atoms with E-state index in [0.717, 1.165) is 24.9 Å². The second kappa shape index (κ2) is 6.96. The number of aryl methyl sites for hydroxylation is 1. The number of carbonyl (C=O) groups excluding carboxylic acids is 2. The molecule has 0 N–H and O–H groups in total. The van der Waals surface area contributed by atoms with Gasteiger partial charge >= 0.3 is 0 Å². The lowest BCUT2D eigenvalue weighted by Gasteiger charge is -2.43. The van der Waals surface area contributed by atoms with Crippen LogP contribution in [0.4, 0.5) is 0 Å². The van der Waals surface area contributed by atoms with E-state index in [1.807, 2.05) is 7.05 Å². The van der Waals surface area contributed by atoms with Crippen molar-refractivity contribution in [3.8, 4) is 0 Å². The molecule has 2 amide bonds. The molecule has 1 aromatic rings. The highest BCUT2D eigenvalue weighted by molar-refractivity contribution is 5.85. The van der Waals surface area contributed by atoms with Crippen molar-refractivity contribution >= 4 is 11.8 Å². The van der Waals surface area contributed by atoms with Gasteiger partial charge in [-0.3, -0.25) is 9.59 Å². The number of likely N-dealkylation sites (tertiary alicyclic amines) is 2. The topological polar surface area (TPSA) is 40.6 Å². The first kappa shape index (κ1) is 17.0. The Balaban J connectivity index is 1.89. The molecule has 0 radical (unpaired) electrons. The van der Waals surface area contributed by atoms with E-state index in [1.54, 1.807) is 4.90 Å². The highest BCUT2D eigenvalue weighted by atomic mass is 16.2. The van der Waals surface area contributed by atoms with Crippen LogP contribution in [0.5, 0.6) is 0 Å². The van der Waals surface area contributed by atoms with E-state index < -0.39 is 0 Å². The van der Waals surface area contributed by atoms with Gasteiger partial charge in [-0.1, -0.05) is 29.8 Å². The largest absolute Gasteiger partial charge is 0.340 e. The van der Waals surface area contributed by atoms with E-state index in [1.165, 1.54) is 12.0 Å². The Labute approximate surface area is 144 Å². The molecule has 3 atom stereocenters. The molecule has 0 bridgehead atoms. The van der Waals surface area contributed by atoms with E-state index in [4.69, 9.17) is 0 Å². The molecular formula is C20H28N2O2. The van der Waals surface area contributed by atoms with Gasteiger partial charge in [0.25, 0.3) is 0 Å². The number of carbonyl (C=O) groups is 2. The van der Waals surface area contributed by atoms with Gasteiger partial charge in [0.1, 0.15) is 0 Å². The summed E-state index contributed by atoms with van der Waals surface area (Å²) in [6.45, 7) is 5.06. The zero-order valence-corrected chi connectivity index (χ0v) is 15.0. The second-order valence-corrected chi connectivity index (χ2v) is 7.38. The van der Waals surface area contributed by atoms with Crippen molar-refractivity contribution in [2.24, 2.45) is 5.92 Å². The minimum absolute atomic E-state index is 0.129. The third kappa shape index (κ3) is 3.19. The van der Waals surface area contributed by atoms with Crippen LogP contribution in [-0.2, 0) is 9.59 Å². The molecule has 0 unspecified atom stereocenters. The van der Waals surface area contributed by atoms with Gasteiger partial charge in [-0.15, -0.1) is 0 Å². The molecule has 2 aliphatic heterocycles. The predicted molar refractivity (Wildman–Crippen MR) is 94.4 cm³/mol. The summed E-state index contributed by atoms with van der Waals surface area (Å²) in [6, 6.07) is 8.42. The number of amides is 2. The van der Waals surface area contributed by atoms with Gasteiger partial charge < -0.3 is 9.80 Å². The molecule has 3 rings (SSSR count). The van der Waals surface area contributed by atoms with Gasteiger partial charge in [-0.25, -0.2) is 0 Å². The molecule has 130 valence electrons. The van der Waals surface area contributed by atoms with Crippen LogP contribution in [0.1, 0.15) is 56.2 Å². The van der Waals surface area contributed by atoms with Crippen LogP contribution in [0.15, 0.2) is 24.3 Å². The monoisotopic (exact) mass is 328 g/mol. The fourth-order valence-electron chi connectivity index (χ4n) is 4.15. The maximum Gasteiger partial charge on any atom is 0.228 e. The van der Waals surface area contributed by atoms with Crippen LogP contribution >= 0.6 is 0 Å². The third-order valence-electron chi connectivity index (χ3n) is 5.68. The number of piperidine rings is 2. The normalized spacial score (nSPS) is 28.1. The third-order valence-corrected chi connectivity index (χ3v) is 5.68. The Bertz CT molecular complexity index is 611. The van der Waals surface area contributed by atoms with Gasteiger partial charge in [0.2, 0.25) is 11.8 Å². The summed E-state index contributed by atoms with van der Waals surface area (Å²) in [6.07, 6.45) is 4.51. The minimum atomic E-state index is -0.145. The van der Waals surface area contributed by atoms with E-state index in [2.05, 4.69) is 43.0 Å². The quantitative estimate of drug-likeness (QED) is 0.836. The standard InChI is InChI=1S/C20H28N2O2/c1-14-7-9-16(10-8-14)19-17(11-12-18(23)21(19)3)20(24)22-13-5-4-6-15(22)2/h7-10,15,17,19H,4-6,11-13H2,1-3H3/t15-,17-,19+/m0/s1. The highest BCUT2D eigenvalue weighted by Crippen LogP contribution is 2.38. The van der Waals surface area contributed by atoms with Crippen molar-refractivity contribution in [3.63, 3.8) is 0 Å². The van der Waals surface area contributed by atoms with Crippen LogP contribution in [0.2, 0.25) is 0 Å². The first-order valence-electron chi connectivity index (χ1n) is 9.11. The Kier molecular flexibility index (Phi) is 4.93. The van der Waals surface area contributed by atoms with E-state index in [9.17, 15) is 9.59 Å². The predicted octanol–water partition coefficient (Wildman–Crippen LogP) is 3.31. The van der Waals surface area contributed by atoms with Gasteiger partial charge in [-0.05, 0) is 45.1 Å². The SMILES string of the molecule is Cc1ccc([C@@H]2[C@@H](C(=O)N3CCCC[C@@H]3C)CCC(=O)N2C)cc1. The van der Waals surface area contributed by atoms with Crippen LogP contribution in [0.25, 0.3) is 0 Å². The lowest BCUT2D eigenvalue weighted by molar-refractivity contribution is -0.148. The van der Waals surface area contributed by atoms with Gasteiger partial charge in [0.05, 0.1) is 12.0 Å². The second-order valence-electron chi connectivity index (χ2n) is 7.38. The smallest absolute Gasteiger partial charge is 0.228 e. The van der Waals surface area contributed by atoms with Crippen molar-refractivity contribution in [2.45, 2.75) is 58.0 Å². The Morgan fingerprint density at radius 3 is 2.50 bits per heavy atom. The van der Waals surface area contributed by atoms with Gasteiger partial charge in [0, 0.05) is 26.1 Å². The van der Waals surface area contributed by atoms with Crippen molar-refractivity contribution in [2.75, 3.05) is 13.6 Å². The van der Waals surface area contributed by atoms with Gasteiger partial charge in [-0.2, -0.15) is 0 Å². The van der Waals surface area contributed by atoms with E-state index in [-0.39, 0.29) is 23.8 Å². The van der Waals surface area contributed by atoms with Crippen LogP contribution < -0.4 is 0 Å². The first-order chi connectivity index (χ1) is 11.5. The van der Waals surface area contributed by atoms with Crippen LogP contribution in [0.3, 0.4) is 0 Å². The first-order valence-corrected chi connectivity index (χ1v) is 9.11. The Hall–Kier alpha value is -1.84. The number of nitrogens with zero attached hydrogens (tertiary/aromatic N) is 2. The van der Waals surface area contributed by atoms with Crippen molar-refractivity contribution < 1.29 is 9.59 Å². The van der Waals surface area contributed by atoms with Gasteiger partial charge in [0.15, 0.2) is 0 Å². The fraction of sp³-hybridized carbons (Fsp3) is 0.600. The molecule has 0 saturated carbocycles. The molecule has 1 aromatic carbocycles. The molecular weight excluding hydrogens is 300 g/mol. The number of hydrogen-bond acceptors (Lipinski definition) is 2. The molecule has 2 heterocycles. The highest BCUT2D eigenvalue weighted by Gasteiger charge is 2.41. The van der Waals surface area contributed by atoms with Crippen molar-refractivity contribution in [1.29, 1.82) is 0 Å². The maximum absolute atomic E-state index is 13.3. The molecule has 2 aliphatic rings. The molecule has 4 heteroatoms. The van der Waals surface area contributed by atoms with Crippen LogP contribution in [0, 0.1) is 12.8 Å². The Morgan fingerprint density at radius 2 is 1.83 bits per heavy atom. The summed E-state index contributed by atoms with van der Waals surface area (Å²) in [4.78, 5) is 29.3. The molecule has 4 nitrogen and oxygen atoms in total. The summed E-state index contributed by atoms with van der Waals surface area (Å²) in [5.41, 5.74) is 2.26. The summed E-state index contributed by atoms with van der Waals surface area (Å²) >= 11 is 0. The molecule has 0 spiro atoms. The zero-order valence-electron chi connectivity index (χ0n) is 15.0. The summed E-state index contributed by atoms with van der Waals surface area (Å²) in [5, 5.41) is 0. The molecule has 2 fully saturated rings. The zero-order chi connectivity index (χ0) is 17.3. The maximum atomic E-state index is 13.3. The summed E-state index contributed by atoms with van der Waals surface area (Å²) < 4.78 is 0. The van der Waals surface area contributed by atoms with Crippen LogP contribution in [-0.4, -0.2) is 41.2 Å². The molecule has 0 aliphatic carbocycles. The number of hydrogen-bond donors (Lipinski definition) is 0. The lowest BCUT2D eigenvalue weighted by Crippen LogP contribution is -2.51. The minimum Gasteiger partial charge on any atom is -0.340 e. The molecule has 24 heavy (non-hydrogen) atoms. The van der Waals surface area contributed by atoms with Crippen molar-refractivity contribution in [3.05, 3.63) is 35.4 Å². The number of benzene rings is 1. The fourth-order valence-corrected chi connectivity index (χ4v) is 4.15. The molecule has 0 aromatic heterocycles. The molecule has 2 saturated heterocycles. The lowest BCUT2D eigenvalue weighted by atomic mass is 9.82. The average Bonchev–Trinajstić information content (AvgIpc) is 2.58. The summed E-state index contributed by atoms with van der Waals surface area (Å²) in [5.74, 6) is 0.236. The average molecular weight is 328 g/mol. The number of rotatable bonds is 2.